The maximum Gasteiger partial charge on any atom is 0.253 e. The van der Waals surface area contributed by atoms with Gasteiger partial charge in [0.1, 0.15) is 0 Å². The highest BCUT2D eigenvalue weighted by Gasteiger charge is 2.17. The van der Waals surface area contributed by atoms with Crippen molar-refractivity contribution in [2.24, 2.45) is 7.05 Å². The van der Waals surface area contributed by atoms with E-state index in [1.54, 1.807) is 29.5 Å². The molecule has 0 radical (unpaired) electrons. The van der Waals surface area contributed by atoms with E-state index in [1.165, 1.54) is 0 Å². The fourth-order valence-corrected chi connectivity index (χ4v) is 3.22. The SMILES string of the molecule is CC(NC(=O)c1c[nH]cc1-c1cnn(C)c1)c1ccc(-c2ccncc2)cc1. The van der Waals surface area contributed by atoms with Crippen molar-refractivity contribution >= 4 is 5.91 Å². The van der Waals surface area contributed by atoms with Gasteiger partial charge in [-0.05, 0) is 35.7 Å². The third-order valence-electron chi connectivity index (χ3n) is 4.78. The van der Waals surface area contributed by atoms with Crippen molar-refractivity contribution in [3.63, 3.8) is 0 Å². The minimum Gasteiger partial charge on any atom is -0.366 e. The van der Waals surface area contributed by atoms with Crippen LogP contribution in [0.4, 0.5) is 0 Å². The molecule has 4 aromatic rings. The summed E-state index contributed by atoms with van der Waals surface area (Å²) in [6, 6.07) is 12.0. The van der Waals surface area contributed by atoms with E-state index in [0.717, 1.165) is 27.8 Å². The van der Waals surface area contributed by atoms with Crippen LogP contribution in [0, 0.1) is 0 Å². The molecule has 3 aromatic heterocycles. The van der Waals surface area contributed by atoms with Crippen molar-refractivity contribution in [3.05, 3.63) is 84.7 Å². The van der Waals surface area contributed by atoms with Crippen LogP contribution < -0.4 is 5.32 Å². The first-order valence-corrected chi connectivity index (χ1v) is 9.09. The quantitative estimate of drug-likeness (QED) is 0.557. The summed E-state index contributed by atoms with van der Waals surface area (Å²) in [5, 5.41) is 7.26. The van der Waals surface area contributed by atoms with Gasteiger partial charge in [0.05, 0.1) is 17.8 Å². The molecule has 0 saturated carbocycles. The molecule has 6 heteroatoms. The largest absolute Gasteiger partial charge is 0.366 e. The fraction of sp³-hybridized carbons (Fsp3) is 0.136. The summed E-state index contributed by atoms with van der Waals surface area (Å²) >= 11 is 0. The van der Waals surface area contributed by atoms with Gasteiger partial charge >= 0.3 is 0 Å². The van der Waals surface area contributed by atoms with Crippen LogP contribution in [0.25, 0.3) is 22.3 Å². The van der Waals surface area contributed by atoms with E-state index >= 15 is 0 Å². The highest BCUT2D eigenvalue weighted by atomic mass is 16.1. The van der Waals surface area contributed by atoms with Gasteiger partial charge in [-0.3, -0.25) is 14.5 Å². The summed E-state index contributed by atoms with van der Waals surface area (Å²) in [6.07, 6.45) is 10.7. The number of aromatic amines is 1. The molecule has 0 fully saturated rings. The highest BCUT2D eigenvalue weighted by molar-refractivity contribution is 6.00. The second-order valence-electron chi connectivity index (χ2n) is 6.74. The lowest BCUT2D eigenvalue weighted by Gasteiger charge is -2.15. The number of pyridine rings is 1. The van der Waals surface area contributed by atoms with E-state index in [2.05, 4.69) is 32.5 Å². The molecule has 0 aliphatic heterocycles. The zero-order valence-electron chi connectivity index (χ0n) is 15.8. The zero-order valence-corrected chi connectivity index (χ0v) is 15.8. The Labute approximate surface area is 163 Å². The van der Waals surface area contributed by atoms with Gasteiger partial charge in [0.25, 0.3) is 5.91 Å². The second-order valence-corrected chi connectivity index (χ2v) is 6.74. The first kappa shape index (κ1) is 17.7. The molecule has 0 aliphatic carbocycles. The summed E-state index contributed by atoms with van der Waals surface area (Å²) in [7, 11) is 1.85. The van der Waals surface area contributed by atoms with E-state index in [1.807, 2.05) is 50.6 Å². The maximum absolute atomic E-state index is 12.8. The van der Waals surface area contributed by atoms with Gasteiger partial charge in [0.15, 0.2) is 0 Å². The van der Waals surface area contributed by atoms with Gasteiger partial charge in [-0.15, -0.1) is 0 Å². The van der Waals surface area contributed by atoms with Crippen molar-refractivity contribution in [1.29, 1.82) is 0 Å². The van der Waals surface area contributed by atoms with E-state index in [0.29, 0.717) is 5.56 Å². The van der Waals surface area contributed by atoms with Crippen LogP contribution in [-0.2, 0) is 7.05 Å². The topological polar surface area (TPSA) is 75.6 Å². The fourth-order valence-electron chi connectivity index (χ4n) is 3.22. The monoisotopic (exact) mass is 371 g/mol. The molecule has 0 bridgehead atoms. The van der Waals surface area contributed by atoms with Crippen LogP contribution in [-0.4, -0.2) is 25.7 Å². The molecule has 140 valence electrons. The Morgan fingerprint density at radius 1 is 1.04 bits per heavy atom. The average molecular weight is 371 g/mol. The van der Waals surface area contributed by atoms with E-state index in [9.17, 15) is 4.79 Å². The Bertz CT molecular complexity index is 1080. The number of H-pyrrole nitrogens is 1. The molecule has 1 amide bonds. The standard InChI is InChI=1S/C22H21N5O/c1-15(16-3-5-17(6-4-16)18-7-9-23-10-8-18)26-22(28)21-13-24-12-20(21)19-11-25-27(2)14-19/h3-15,24H,1-2H3,(H,26,28). The van der Waals surface area contributed by atoms with E-state index in [-0.39, 0.29) is 11.9 Å². The van der Waals surface area contributed by atoms with Crippen LogP contribution in [0.2, 0.25) is 0 Å². The number of nitrogens with zero attached hydrogens (tertiary/aromatic N) is 3. The summed E-state index contributed by atoms with van der Waals surface area (Å²) in [4.78, 5) is 19.9. The molecular weight excluding hydrogens is 350 g/mol. The lowest BCUT2D eigenvalue weighted by atomic mass is 10.0. The first-order chi connectivity index (χ1) is 13.6. The molecule has 1 unspecified atom stereocenters. The van der Waals surface area contributed by atoms with E-state index in [4.69, 9.17) is 0 Å². The summed E-state index contributed by atoms with van der Waals surface area (Å²) in [5.41, 5.74) is 5.63. The summed E-state index contributed by atoms with van der Waals surface area (Å²) < 4.78 is 1.72. The van der Waals surface area contributed by atoms with Gasteiger partial charge in [0.2, 0.25) is 0 Å². The molecule has 28 heavy (non-hydrogen) atoms. The Kier molecular flexibility index (Phi) is 4.76. The normalized spacial score (nSPS) is 11.9. The number of hydrogen-bond acceptors (Lipinski definition) is 3. The molecule has 2 N–H and O–H groups in total. The van der Waals surface area contributed by atoms with Crippen LogP contribution in [0.5, 0.6) is 0 Å². The van der Waals surface area contributed by atoms with Gasteiger partial charge in [-0.1, -0.05) is 24.3 Å². The number of benzene rings is 1. The molecule has 1 aromatic carbocycles. The van der Waals surface area contributed by atoms with Gasteiger partial charge in [0, 0.05) is 49.2 Å². The predicted molar refractivity (Wildman–Crippen MR) is 109 cm³/mol. The van der Waals surface area contributed by atoms with Crippen molar-refractivity contribution in [2.45, 2.75) is 13.0 Å². The Balaban J connectivity index is 1.49. The van der Waals surface area contributed by atoms with Crippen molar-refractivity contribution in [2.75, 3.05) is 0 Å². The molecule has 0 aliphatic rings. The van der Waals surface area contributed by atoms with Gasteiger partial charge in [-0.2, -0.15) is 5.10 Å². The van der Waals surface area contributed by atoms with Crippen LogP contribution >= 0.6 is 0 Å². The van der Waals surface area contributed by atoms with Gasteiger partial charge in [-0.25, -0.2) is 0 Å². The smallest absolute Gasteiger partial charge is 0.253 e. The molecule has 3 heterocycles. The molecular formula is C22H21N5O. The number of aromatic nitrogens is 4. The number of carbonyl (C=O) groups is 1. The van der Waals surface area contributed by atoms with Gasteiger partial charge < -0.3 is 10.3 Å². The van der Waals surface area contributed by atoms with Crippen LogP contribution in [0.1, 0.15) is 28.9 Å². The number of amides is 1. The number of nitrogens with one attached hydrogen (secondary N) is 2. The Morgan fingerprint density at radius 3 is 2.43 bits per heavy atom. The predicted octanol–water partition coefficient (Wildman–Crippen LogP) is 3.97. The average Bonchev–Trinajstić information content (AvgIpc) is 3.37. The third-order valence-corrected chi connectivity index (χ3v) is 4.78. The maximum atomic E-state index is 12.8. The zero-order chi connectivity index (χ0) is 19.5. The Hall–Kier alpha value is -3.67. The van der Waals surface area contributed by atoms with Crippen molar-refractivity contribution in [3.8, 4) is 22.3 Å². The number of aryl methyl sites for hydroxylation is 1. The first-order valence-electron chi connectivity index (χ1n) is 9.09. The number of carbonyl (C=O) groups excluding carboxylic acids is 1. The third kappa shape index (κ3) is 3.57. The Morgan fingerprint density at radius 2 is 1.75 bits per heavy atom. The minimum absolute atomic E-state index is 0.115. The van der Waals surface area contributed by atoms with Crippen molar-refractivity contribution in [1.82, 2.24) is 25.1 Å². The molecule has 4 rings (SSSR count). The lowest BCUT2D eigenvalue weighted by molar-refractivity contribution is 0.0940. The molecule has 6 nitrogen and oxygen atoms in total. The summed E-state index contributed by atoms with van der Waals surface area (Å²) in [5.74, 6) is -0.120. The lowest BCUT2D eigenvalue weighted by Crippen LogP contribution is -2.26. The number of hydrogen-bond donors (Lipinski definition) is 2. The molecule has 0 spiro atoms. The van der Waals surface area contributed by atoms with Crippen molar-refractivity contribution < 1.29 is 4.79 Å². The molecule has 1 atom stereocenters. The van der Waals surface area contributed by atoms with E-state index < -0.39 is 0 Å². The minimum atomic E-state index is -0.120. The summed E-state index contributed by atoms with van der Waals surface area (Å²) in [6.45, 7) is 1.98. The number of rotatable bonds is 5. The van der Waals surface area contributed by atoms with Crippen LogP contribution in [0.3, 0.4) is 0 Å². The second kappa shape index (κ2) is 7.52. The highest BCUT2D eigenvalue weighted by Crippen LogP contribution is 2.25. The molecule has 0 saturated heterocycles. The van der Waals surface area contributed by atoms with Crippen LogP contribution in [0.15, 0.2) is 73.6 Å².